The highest BCUT2D eigenvalue weighted by Crippen LogP contribution is 2.15. The highest BCUT2D eigenvalue weighted by molar-refractivity contribution is 5.81. The number of unbranched alkanes of at least 4 members (excludes halogenated alkanes) is 31. The van der Waals surface area contributed by atoms with Crippen LogP contribution in [0.4, 0.5) is 0 Å². The van der Waals surface area contributed by atoms with Crippen LogP contribution < -0.4 is 0 Å². The molecule has 0 amide bonds. The van der Waals surface area contributed by atoms with Crippen molar-refractivity contribution in [3.05, 3.63) is 12.2 Å². The number of allylic oxidation sites excluding steroid dienone is 1. The molecule has 0 radical (unpaired) electrons. The molecule has 0 spiro atoms. The third-order valence-electron chi connectivity index (χ3n) is 8.72. The predicted octanol–water partition coefficient (Wildman–Crippen LogP) is 14.0. The van der Waals surface area contributed by atoms with Gasteiger partial charge in [0.05, 0.1) is 6.61 Å². The molecule has 0 aromatic carbocycles. The fourth-order valence-electron chi connectivity index (χ4n) is 5.86. The first-order chi connectivity index (χ1) is 20.3. The molecule has 0 aliphatic carbocycles. The molecular weight excluding hydrogens is 500 g/mol. The summed E-state index contributed by atoms with van der Waals surface area (Å²) in [6.45, 7) is 5.17. The van der Waals surface area contributed by atoms with Gasteiger partial charge in [-0.3, -0.25) is 0 Å². The SMILES string of the molecule is CCCCCCCCCCCCCCCCCCC=CC(=O)OCCCCCCCCCCCCCCCCCC. The normalized spacial score (nSPS) is 11.6. The average molecular weight is 577 g/mol. The molecule has 0 aliphatic rings. The summed E-state index contributed by atoms with van der Waals surface area (Å²) in [6, 6.07) is 0. The van der Waals surface area contributed by atoms with E-state index in [0.29, 0.717) is 6.61 Å². The highest BCUT2D eigenvalue weighted by atomic mass is 16.5. The van der Waals surface area contributed by atoms with Gasteiger partial charge >= 0.3 is 5.97 Å². The minimum absolute atomic E-state index is 0.151. The van der Waals surface area contributed by atoms with Crippen molar-refractivity contribution < 1.29 is 9.53 Å². The Kier molecular flexibility index (Phi) is 36.5. The zero-order chi connectivity index (χ0) is 29.7. The summed E-state index contributed by atoms with van der Waals surface area (Å²) in [5.74, 6) is -0.151. The van der Waals surface area contributed by atoms with Crippen LogP contribution >= 0.6 is 0 Å². The number of esters is 1. The Morgan fingerprint density at radius 2 is 0.659 bits per heavy atom. The Labute approximate surface area is 259 Å². The predicted molar refractivity (Wildman–Crippen MR) is 184 cm³/mol. The second kappa shape index (κ2) is 37.2. The fraction of sp³-hybridized carbons (Fsp3) is 0.923. The first-order valence-corrected chi connectivity index (χ1v) is 19.1. The van der Waals surface area contributed by atoms with Crippen LogP contribution in [0.15, 0.2) is 12.2 Å². The van der Waals surface area contributed by atoms with Gasteiger partial charge in [-0.2, -0.15) is 0 Å². The van der Waals surface area contributed by atoms with Gasteiger partial charge in [-0.05, 0) is 19.3 Å². The molecule has 2 heteroatoms. The van der Waals surface area contributed by atoms with Gasteiger partial charge in [0.15, 0.2) is 0 Å². The zero-order valence-electron chi connectivity index (χ0n) is 28.5. The Balaban J connectivity index is 3.20. The first kappa shape index (κ1) is 40.2. The van der Waals surface area contributed by atoms with Crippen LogP contribution in [-0.4, -0.2) is 12.6 Å². The summed E-state index contributed by atoms with van der Waals surface area (Å²) >= 11 is 0. The van der Waals surface area contributed by atoms with E-state index in [1.54, 1.807) is 6.08 Å². The van der Waals surface area contributed by atoms with Crippen molar-refractivity contribution in [3.8, 4) is 0 Å². The van der Waals surface area contributed by atoms with Crippen molar-refractivity contribution >= 4 is 5.97 Å². The van der Waals surface area contributed by atoms with E-state index in [4.69, 9.17) is 4.74 Å². The monoisotopic (exact) mass is 577 g/mol. The minimum Gasteiger partial charge on any atom is -0.463 e. The molecule has 0 bridgehead atoms. The van der Waals surface area contributed by atoms with Crippen LogP contribution in [0, 0.1) is 0 Å². The number of carbonyl (C=O) groups excluding carboxylic acids is 1. The molecule has 0 fully saturated rings. The molecular formula is C39H76O2. The second-order valence-electron chi connectivity index (χ2n) is 13.0. The van der Waals surface area contributed by atoms with Crippen molar-refractivity contribution in [1.82, 2.24) is 0 Å². The number of ether oxygens (including phenoxy) is 1. The summed E-state index contributed by atoms with van der Waals surface area (Å²) in [7, 11) is 0. The Morgan fingerprint density at radius 3 is 0.976 bits per heavy atom. The van der Waals surface area contributed by atoms with Crippen molar-refractivity contribution in [2.45, 2.75) is 226 Å². The molecule has 0 heterocycles. The summed E-state index contributed by atoms with van der Waals surface area (Å²) in [5.41, 5.74) is 0. The highest BCUT2D eigenvalue weighted by Gasteiger charge is 1.99. The van der Waals surface area contributed by atoms with Crippen molar-refractivity contribution in [1.29, 1.82) is 0 Å². The van der Waals surface area contributed by atoms with Gasteiger partial charge in [-0.15, -0.1) is 0 Å². The van der Waals surface area contributed by atoms with E-state index in [0.717, 1.165) is 12.8 Å². The standard InChI is InChI=1S/C39H76O2/c1-3-5-7-9-11-13-15-17-19-21-22-23-25-27-29-31-33-35-37-39(40)41-38-36-34-32-30-28-26-24-20-18-16-14-12-10-8-6-4-2/h35,37H,3-34,36,38H2,1-2H3. The van der Waals surface area contributed by atoms with E-state index in [1.165, 1.54) is 199 Å². The molecule has 0 aliphatic heterocycles. The molecule has 0 aromatic heterocycles. The van der Waals surface area contributed by atoms with Gasteiger partial charge in [0, 0.05) is 6.08 Å². The zero-order valence-corrected chi connectivity index (χ0v) is 28.5. The fourth-order valence-corrected chi connectivity index (χ4v) is 5.86. The maximum Gasteiger partial charge on any atom is 0.330 e. The van der Waals surface area contributed by atoms with Crippen molar-refractivity contribution in [2.75, 3.05) is 6.61 Å². The van der Waals surface area contributed by atoms with E-state index in [2.05, 4.69) is 13.8 Å². The van der Waals surface area contributed by atoms with Crippen LogP contribution in [0.5, 0.6) is 0 Å². The summed E-state index contributed by atoms with van der Waals surface area (Å²) in [4.78, 5) is 11.9. The van der Waals surface area contributed by atoms with Gasteiger partial charge in [0.2, 0.25) is 0 Å². The van der Waals surface area contributed by atoms with Gasteiger partial charge in [0.25, 0.3) is 0 Å². The lowest BCUT2D eigenvalue weighted by Crippen LogP contribution is -2.02. The van der Waals surface area contributed by atoms with Gasteiger partial charge in [0.1, 0.15) is 0 Å². The molecule has 0 N–H and O–H groups in total. The molecule has 0 saturated carbocycles. The third-order valence-corrected chi connectivity index (χ3v) is 8.72. The Morgan fingerprint density at radius 1 is 0.390 bits per heavy atom. The van der Waals surface area contributed by atoms with Crippen LogP contribution in [0.25, 0.3) is 0 Å². The van der Waals surface area contributed by atoms with E-state index in [1.807, 2.05) is 6.08 Å². The molecule has 244 valence electrons. The van der Waals surface area contributed by atoms with Crippen LogP contribution in [0.2, 0.25) is 0 Å². The number of hydrogen-bond donors (Lipinski definition) is 0. The van der Waals surface area contributed by atoms with Crippen LogP contribution in [0.1, 0.15) is 226 Å². The summed E-state index contributed by atoms with van der Waals surface area (Å²) in [5, 5.41) is 0. The smallest absolute Gasteiger partial charge is 0.330 e. The number of carbonyl (C=O) groups is 1. The Bertz CT molecular complexity index is 512. The van der Waals surface area contributed by atoms with Crippen molar-refractivity contribution in [2.24, 2.45) is 0 Å². The average Bonchev–Trinajstić information content (AvgIpc) is 2.98. The summed E-state index contributed by atoms with van der Waals surface area (Å²) < 4.78 is 5.37. The molecule has 0 aromatic rings. The lowest BCUT2D eigenvalue weighted by atomic mass is 10.0. The van der Waals surface area contributed by atoms with Gasteiger partial charge in [-0.1, -0.05) is 213 Å². The molecule has 0 atom stereocenters. The van der Waals surface area contributed by atoms with Crippen LogP contribution in [-0.2, 0) is 9.53 Å². The maximum absolute atomic E-state index is 11.9. The van der Waals surface area contributed by atoms with Gasteiger partial charge < -0.3 is 4.74 Å². The topological polar surface area (TPSA) is 26.3 Å². The molecule has 0 saturated heterocycles. The van der Waals surface area contributed by atoms with E-state index in [-0.39, 0.29) is 5.97 Å². The number of hydrogen-bond acceptors (Lipinski definition) is 2. The van der Waals surface area contributed by atoms with Crippen molar-refractivity contribution in [3.63, 3.8) is 0 Å². The van der Waals surface area contributed by atoms with E-state index < -0.39 is 0 Å². The molecule has 0 rings (SSSR count). The molecule has 2 nitrogen and oxygen atoms in total. The molecule has 41 heavy (non-hydrogen) atoms. The quantitative estimate of drug-likeness (QED) is 0.0426. The van der Waals surface area contributed by atoms with Gasteiger partial charge in [-0.25, -0.2) is 4.79 Å². The lowest BCUT2D eigenvalue weighted by molar-refractivity contribution is -0.137. The lowest BCUT2D eigenvalue weighted by Gasteiger charge is -2.04. The maximum atomic E-state index is 11.9. The number of rotatable bonds is 35. The van der Waals surface area contributed by atoms with Crippen LogP contribution in [0.3, 0.4) is 0 Å². The molecule has 0 unspecified atom stereocenters. The second-order valence-corrected chi connectivity index (χ2v) is 13.0. The first-order valence-electron chi connectivity index (χ1n) is 19.1. The third kappa shape index (κ3) is 37.2. The van der Waals surface area contributed by atoms with E-state index in [9.17, 15) is 4.79 Å². The minimum atomic E-state index is -0.151. The van der Waals surface area contributed by atoms with E-state index >= 15 is 0 Å². The summed E-state index contributed by atoms with van der Waals surface area (Å²) in [6.07, 6.45) is 48.9. The Hall–Kier alpha value is -0.790. The largest absolute Gasteiger partial charge is 0.463 e.